The lowest BCUT2D eigenvalue weighted by Crippen LogP contribution is -2.38. The van der Waals surface area contributed by atoms with E-state index < -0.39 is 5.91 Å². The van der Waals surface area contributed by atoms with Crippen LogP contribution in [0.4, 0.5) is 0 Å². The van der Waals surface area contributed by atoms with Gasteiger partial charge < -0.3 is 10.6 Å². The van der Waals surface area contributed by atoms with Crippen LogP contribution >= 0.6 is 0 Å². The average Bonchev–Trinajstić information content (AvgIpc) is 3.14. The van der Waals surface area contributed by atoms with Gasteiger partial charge in [-0.15, -0.1) is 0 Å². The van der Waals surface area contributed by atoms with Crippen molar-refractivity contribution in [1.29, 1.82) is 0 Å². The quantitative estimate of drug-likeness (QED) is 0.836. The van der Waals surface area contributed by atoms with Gasteiger partial charge in [-0.2, -0.15) is 5.10 Å². The van der Waals surface area contributed by atoms with E-state index >= 15 is 0 Å². The number of primary amides is 1. The summed E-state index contributed by atoms with van der Waals surface area (Å²) in [5, 5.41) is 6.78. The van der Waals surface area contributed by atoms with E-state index in [1.54, 1.807) is 6.07 Å². The molecular weight excluding hydrogens is 244 g/mol. The highest BCUT2D eigenvalue weighted by Crippen LogP contribution is 2.34. The minimum absolute atomic E-state index is 0.284. The minimum Gasteiger partial charge on any atom is -0.364 e. The number of nitrogens with one attached hydrogen (secondary N) is 1. The number of amides is 2. The molecule has 1 aromatic heterocycles. The molecule has 1 aliphatic carbocycles. The highest BCUT2D eigenvalue weighted by molar-refractivity contribution is 5.90. The third-order valence-electron chi connectivity index (χ3n) is 4.02. The molecule has 19 heavy (non-hydrogen) atoms. The molecule has 102 valence electrons. The topological polar surface area (TPSA) is 92.1 Å². The van der Waals surface area contributed by atoms with Gasteiger partial charge in [0, 0.05) is 30.6 Å². The molecule has 0 aromatic carbocycles. The van der Waals surface area contributed by atoms with Gasteiger partial charge in [-0.25, -0.2) is 0 Å². The van der Waals surface area contributed by atoms with Crippen LogP contribution in [0.1, 0.15) is 47.8 Å². The molecule has 2 heterocycles. The smallest absolute Gasteiger partial charge is 0.269 e. The summed E-state index contributed by atoms with van der Waals surface area (Å²) in [5.74, 6) is 0.443. The van der Waals surface area contributed by atoms with Crippen LogP contribution in [0.3, 0.4) is 0 Å². The molecule has 0 radical (unpaired) electrons. The van der Waals surface area contributed by atoms with Gasteiger partial charge >= 0.3 is 0 Å². The SMILES string of the molecule is NC(=O)c1cc(C2CCN(C(=O)C3CC3)CC2)[nH]n1. The van der Waals surface area contributed by atoms with Crippen LogP contribution in [0, 0.1) is 5.92 Å². The number of nitrogens with zero attached hydrogens (tertiary/aromatic N) is 2. The van der Waals surface area contributed by atoms with Crippen LogP contribution in [0.25, 0.3) is 0 Å². The fourth-order valence-corrected chi connectivity index (χ4v) is 2.67. The molecule has 6 nitrogen and oxygen atoms in total. The number of nitrogens with two attached hydrogens (primary N) is 1. The van der Waals surface area contributed by atoms with Gasteiger partial charge in [0.25, 0.3) is 5.91 Å². The van der Waals surface area contributed by atoms with Crippen molar-refractivity contribution in [2.45, 2.75) is 31.6 Å². The Balaban J connectivity index is 1.59. The molecule has 1 saturated heterocycles. The van der Waals surface area contributed by atoms with Crippen molar-refractivity contribution in [3.05, 3.63) is 17.5 Å². The summed E-state index contributed by atoms with van der Waals surface area (Å²) in [7, 11) is 0. The molecule has 6 heteroatoms. The number of rotatable bonds is 3. The van der Waals surface area contributed by atoms with Crippen molar-refractivity contribution in [3.63, 3.8) is 0 Å². The van der Waals surface area contributed by atoms with Gasteiger partial charge in [-0.1, -0.05) is 0 Å². The van der Waals surface area contributed by atoms with Crippen molar-refractivity contribution in [2.24, 2.45) is 11.7 Å². The number of H-pyrrole nitrogens is 1. The molecule has 3 N–H and O–H groups in total. The van der Waals surface area contributed by atoms with Crippen molar-refractivity contribution in [2.75, 3.05) is 13.1 Å². The Bertz CT molecular complexity index is 498. The summed E-state index contributed by atoms with van der Waals surface area (Å²) in [6, 6.07) is 1.73. The maximum Gasteiger partial charge on any atom is 0.269 e. The van der Waals surface area contributed by atoms with Crippen LogP contribution in [-0.4, -0.2) is 40.0 Å². The monoisotopic (exact) mass is 262 g/mol. The Morgan fingerprint density at radius 1 is 1.26 bits per heavy atom. The number of carbonyl (C=O) groups is 2. The summed E-state index contributed by atoms with van der Waals surface area (Å²) in [5.41, 5.74) is 6.42. The Kier molecular flexibility index (Phi) is 3.00. The van der Waals surface area contributed by atoms with Gasteiger partial charge in [0.05, 0.1) is 0 Å². The molecule has 2 fully saturated rings. The fourth-order valence-electron chi connectivity index (χ4n) is 2.67. The van der Waals surface area contributed by atoms with Crippen LogP contribution in [0.15, 0.2) is 6.07 Å². The first kappa shape index (κ1) is 12.2. The average molecular weight is 262 g/mol. The Hall–Kier alpha value is -1.85. The van der Waals surface area contributed by atoms with E-state index in [1.807, 2.05) is 4.90 Å². The molecule has 2 amide bonds. The lowest BCUT2D eigenvalue weighted by Gasteiger charge is -2.31. The molecule has 0 unspecified atom stereocenters. The van der Waals surface area contributed by atoms with Crippen LogP contribution in [0.5, 0.6) is 0 Å². The fraction of sp³-hybridized carbons (Fsp3) is 0.615. The zero-order chi connectivity index (χ0) is 13.4. The standard InChI is InChI=1S/C13H18N4O2/c14-12(18)11-7-10(15-16-11)8-3-5-17(6-4-8)13(19)9-1-2-9/h7-9H,1-6H2,(H2,14,18)(H,15,16). The van der Waals surface area contributed by atoms with E-state index in [-0.39, 0.29) is 5.69 Å². The molecule has 1 saturated carbocycles. The second-order valence-electron chi connectivity index (χ2n) is 5.45. The van der Waals surface area contributed by atoms with Gasteiger partial charge in [0.15, 0.2) is 0 Å². The maximum absolute atomic E-state index is 11.9. The van der Waals surface area contributed by atoms with E-state index in [0.717, 1.165) is 44.5 Å². The number of aromatic amines is 1. The first-order valence-corrected chi connectivity index (χ1v) is 6.79. The van der Waals surface area contributed by atoms with Gasteiger partial charge in [0.2, 0.25) is 5.91 Å². The van der Waals surface area contributed by atoms with E-state index in [0.29, 0.717) is 17.7 Å². The first-order valence-electron chi connectivity index (χ1n) is 6.79. The number of likely N-dealkylation sites (tertiary alicyclic amines) is 1. The first-order chi connectivity index (χ1) is 9.15. The van der Waals surface area contributed by atoms with Gasteiger partial charge in [-0.05, 0) is 31.7 Å². The summed E-state index contributed by atoms with van der Waals surface area (Å²) in [6.45, 7) is 1.59. The zero-order valence-electron chi connectivity index (χ0n) is 10.8. The van der Waals surface area contributed by atoms with Gasteiger partial charge in [0.1, 0.15) is 5.69 Å². The second kappa shape index (κ2) is 4.68. The lowest BCUT2D eigenvalue weighted by molar-refractivity contribution is -0.133. The number of aromatic nitrogens is 2. The Morgan fingerprint density at radius 2 is 1.95 bits per heavy atom. The Morgan fingerprint density at radius 3 is 2.47 bits per heavy atom. The number of piperidine rings is 1. The van der Waals surface area contributed by atoms with E-state index in [1.165, 1.54) is 0 Å². The predicted molar refractivity (Wildman–Crippen MR) is 68.4 cm³/mol. The zero-order valence-corrected chi connectivity index (χ0v) is 10.8. The third-order valence-corrected chi connectivity index (χ3v) is 4.02. The molecule has 3 rings (SSSR count). The highest BCUT2D eigenvalue weighted by Gasteiger charge is 2.35. The van der Waals surface area contributed by atoms with Crippen LogP contribution in [0.2, 0.25) is 0 Å². The Labute approximate surface area is 111 Å². The van der Waals surface area contributed by atoms with Crippen molar-refractivity contribution in [3.8, 4) is 0 Å². The second-order valence-corrected chi connectivity index (χ2v) is 5.45. The predicted octanol–water partition coefficient (Wildman–Crippen LogP) is 0.625. The van der Waals surface area contributed by atoms with E-state index in [2.05, 4.69) is 10.2 Å². The van der Waals surface area contributed by atoms with E-state index in [4.69, 9.17) is 5.73 Å². The third kappa shape index (κ3) is 2.47. The molecule has 2 aliphatic rings. The van der Waals surface area contributed by atoms with Gasteiger partial charge in [-0.3, -0.25) is 14.7 Å². The molecule has 0 atom stereocenters. The molecule has 1 aromatic rings. The summed E-state index contributed by atoms with van der Waals surface area (Å²) >= 11 is 0. The van der Waals surface area contributed by atoms with Crippen molar-refractivity contribution < 1.29 is 9.59 Å². The number of hydrogen-bond acceptors (Lipinski definition) is 3. The van der Waals surface area contributed by atoms with Crippen LogP contribution in [-0.2, 0) is 4.79 Å². The molecule has 0 bridgehead atoms. The van der Waals surface area contributed by atoms with Crippen molar-refractivity contribution in [1.82, 2.24) is 15.1 Å². The van der Waals surface area contributed by atoms with Crippen LogP contribution < -0.4 is 5.73 Å². The molecule has 0 spiro atoms. The van der Waals surface area contributed by atoms with Crippen molar-refractivity contribution >= 4 is 11.8 Å². The van der Waals surface area contributed by atoms with E-state index in [9.17, 15) is 9.59 Å². The summed E-state index contributed by atoms with van der Waals surface area (Å²) in [4.78, 5) is 24.9. The largest absolute Gasteiger partial charge is 0.364 e. The summed E-state index contributed by atoms with van der Waals surface area (Å²) in [6.07, 6.45) is 3.94. The minimum atomic E-state index is -0.510. The number of carbonyl (C=O) groups excluding carboxylic acids is 2. The summed E-state index contributed by atoms with van der Waals surface area (Å²) < 4.78 is 0. The molecular formula is C13H18N4O2. The number of hydrogen-bond donors (Lipinski definition) is 2. The normalized spacial score (nSPS) is 20.5. The molecule has 1 aliphatic heterocycles. The maximum atomic E-state index is 11.9. The highest BCUT2D eigenvalue weighted by atomic mass is 16.2. The lowest BCUT2D eigenvalue weighted by atomic mass is 9.93.